The summed E-state index contributed by atoms with van der Waals surface area (Å²) in [4.78, 5) is 12.9. The number of carbonyl (C=O) groups excluding carboxylic acids is 1. The lowest BCUT2D eigenvalue weighted by molar-refractivity contribution is 0.103. The van der Waals surface area contributed by atoms with Gasteiger partial charge >= 0.3 is 0 Å². The van der Waals surface area contributed by atoms with Gasteiger partial charge in [0.05, 0.1) is 44.2 Å². The summed E-state index contributed by atoms with van der Waals surface area (Å²) in [5.74, 6) is 1.25. The summed E-state index contributed by atoms with van der Waals surface area (Å²) in [6.45, 7) is 2.38. The normalized spacial score (nSPS) is 11.1. The second-order valence-electron chi connectivity index (χ2n) is 5.46. The van der Waals surface area contributed by atoms with Gasteiger partial charge in [-0.3, -0.25) is 4.79 Å². The van der Waals surface area contributed by atoms with Crippen LogP contribution in [0, 0.1) is 0 Å². The zero-order valence-corrected chi connectivity index (χ0v) is 16.4. The minimum absolute atomic E-state index is 0.00725. The lowest BCUT2D eigenvalue weighted by Crippen LogP contribution is -2.05. The van der Waals surface area contributed by atoms with Gasteiger partial charge in [0.1, 0.15) is 11.5 Å². The zero-order valence-electron chi connectivity index (χ0n) is 15.7. The fourth-order valence-corrected chi connectivity index (χ4v) is 2.74. The van der Waals surface area contributed by atoms with Crippen LogP contribution in [0.4, 0.5) is 5.69 Å². The topological polar surface area (TPSA) is 80.0 Å². The largest absolute Gasteiger partial charge is 0.497 e. The summed E-state index contributed by atoms with van der Waals surface area (Å²) in [7, 11) is 4.42. The summed E-state index contributed by atoms with van der Waals surface area (Å²) in [6.07, 6.45) is 1.53. The van der Waals surface area contributed by atoms with Gasteiger partial charge in [0.25, 0.3) is 0 Å². The molecular weight excluding hydrogens is 370 g/mol. The number of hydrogen-bond acceptors (Lipinski definition) is 6. The summed E-state index contributed by atoms with van der Waals surface area (Å²) < 4.78 is 21.2. The highest BCUT2D eigenvalue weighted by atomic mass is 35.5. The first-order valence-corrected chi connectivity index (χ1v) is 8.57. The van der Waals surface area contributed by atoms with E-state index in [-0.39, 0.29) is 16.3 Å². The molecule has 0 saturated heterocycles. The molecule has 0 aromatic heterocycles. The van der Waals surface area contributed by atoms with E-state index in [1.807, 2.05) is 6.92 Å². The summed E-state index contributed by atoms with van der Waals surface area (Å²) in [6, 6.07) is 8.35. The molecule has 0 aliphatic heterocycles. The van der Waals surface area contributed by atoms with Gasteiger partial charge in [-0.1, -0.05) is 17.7 Å². The molecule has 0 heterocycles. The molecule has 0 aliphatic rings. The Morgan fingerprint density at radius 2 is 1.81 bits per heavy atom. The Labute approximate surface area is 163 Å². The molecule has 0 saturated carbocycles. The molecule has 2 rings (SSSR count). The van der Waals surface area contributed by atoms with Crippen molar-refractivity contribution >= 4 is 29.1 Å². The third-order valence-corrected chi connectivity index (χ3v) is 4.06. The molecule has 0 atom stereocenters. The fourth-order valence-electron chi connectivity index (χ4n) is 2.51. The summed E-state index contributed by atoms with van der Waals surface area (Å²) in [5.41, 5.74) is 7.32. The highest BCUT2D eigenvalue weighted by Crippen LogP contribution is 2.37. The van der Waals surface area contributed by atoms with E-state index in [1.165, 1.54) is 27.4 Å². The van der Waals surface area contributed by atoms with Crippen molar-refractivity contribution in [1.82, 2.24) is 0 Å². The first kappa shape index (κ1) is 20.5. The molecule has 144 valence electrons. The Balaban J connectivity index is 2.42. The van der Waals surface area contributed by atoms with Crippen molar-refractivity contribution in [3.8, 4) is 23.0 Å². The van der Waals surface area contributed by atoms with Crippen LogP contribution in [0.2, 0.25) is 0 Å². The monoisotopic (exact) mass is 391 g/mol. The first-order valence-electron chi connectivity index (χ1n) is 8.19. The van der Waals surface area contributed by atoms with Gasteiger partial charge < -0.3 is 24.7 Å². The molecule has 7 heteroatoms. The highest BCUT2D eigenvalue weighted by molar-refractivity contribution is 6.47. The molecule has 0 amide bonds. The number of benzene rings is 2. The maximum absolute atomic E-state index is 12.9. The Hall–Kier alpha value is -2.86. The third-order valence-electron chi connectivity index (χ3n) is 3.78. The number of nitrogen functional groups attached to an aromatic ring is 1. The average molecular weight is 392 g/mol. The second kappa shape index (κ2) is 9.19. The van der Waals surface area contributed by atoms with Gasteiger partial charge in [0.2, 0.25) is 5.78 Å². The standard InChI is InChI=1S/C20H22ClNO5/c1-5-27-17-7-6-12(9-16(17)22)8-15(21)19(23)14-10-13(24-2)11-18(25-3)20(14)26-4/h6-11H,5,22H2,1-4H3. The number of ether oxygens (including phenoxy) is 4. The van der Waals surface area contributed by atoms with Crippen LogP contribution in [-0.2, 0) is 0 Å². The van der Waals surface area contributed by atoms with Gasteiger partial charge in [0.15, 0.2) is 11.5 Å². The van der Waals surface area contributed by atoms with Crippen LogP contribution in [0.3, 0.4) is 0 Å². The van der Waals surface area contributed by atoms with Gasteiger partial charge in [-0.15, -0.1) is 0 Å². The van der Waals surface area contributed by atoms with E-state index < -0.39 is 5.78 Å². The van der Waals surface area contributed by atoms with Crippen LogP contribution >= 0.6 is 11.6 Å². The van der Waals surface area contributed by atoms with Crippen LogP contribution in [-0.4, -0.2) is 33.7 Å². The van der Waals surface area contributed by atoms with Crippen molar-refractivity contribution in [2.75, 3.05) is 33.7 Å². The zero-order chi connectivity index (χ0) is 20.0. The molecule has 2 aromatic carbocycles. The third kappa shape index (κ3) is 4.65. The molecular formula is C20H22ClNO5. The number of halogens is 1. The summed E-state index contributed by atoms with van der Waals surface area (Å²) >= 11 is 6.28. The average Bonchev–Trinajstić information content (AvgIpc) is 2.68. The number of methoxy groups -OCH3 is 3. The van der Waals surface area contributed by atoms with Crippen molar-refractivity contribution in [3.05, 3.63) is 46.5 Å². The van der Waals surface area contributed by atoms with E-state index in [0.717, 1.165) is 0 Å². The molecule has 27 heavy (non-hydrogen) atoms. The van der Waals surface area contributed by atoms with Crippen LogP contribution in [0.1, 0.15) is 22.8 Å². The lowest BCUT2D eigenvalue weighted by Gasteiger charge is -2.14. The number of nitrogens with two attached hydrogens (primary N) is 1. The number of hydrogen-bond donors (Lipinski definition) is 1. The molecule has 0 unspecified atom stereocenters. The molecule has 0 fully saturated rings. The quantitative estimate of drug-likeness (QED) is 0.413. The predicted octanol–water partition coefficient (Wildman–Crippen LogP) is 4.16. The highest BCUT2D eigenvalue weighted by Gasteiger charge is 2.21. The SMILES string of the molecule is CCOc1ccc(C=C(Cl)C(=O)c2cc(OC)cc(OC)c2OC)cc1N. The van der Waals surface area contributed by atoms with E-state index in [1.54, 1.807) is 30.3 Å². The smallest absolute Gasteiger partial charge is 0.208 e. The van der Waals surface area contributed by atoms with Gasteiger partial charge in [-0.05, 0) is 36.8 Å². The van der Waals surface area contributed by atoms with E-state index >= 15 is 0 Å². The second-order valence-corrected chi connectivity index (χ2v) is 5.87. The number of anilines is 1. The van der Waals surface area contributed by atoms with Crippen LogP contribution < -0.4 is 24.7 Å². The molecule has 0 radical (unpaired) electrons. The first-order chi connectivity index (χ1) is 12.9. The number of rotatable bonds is 8. The molecule has 2 N–H and O–H groups in total. The Bertz CT molecular complexity index is 864. The van der Waals surface area contributed by atoms with Gasteiger partial charge in [-0.25, -0.2) is 0 Å². The molecule has 0 bridgehead atoms. The molecule has 0 spiro atoms. The minimum atomic E-state index is -0.432. The fraction of sp³-hybridized carbons (Fsp3) is 0.250. The lowest BCUT2D eigenvalue weighted by atomic mass is 10.1. The number of Topliss-reactive ketones (excluding diaryl/α,β-unsaturated/α-hetero) is 1. The Morgan fingerprint density at radius 3 is 2.37 bits per heavy atom. The van der Waals surface area contributed by atoms with E-state index in [0.29, 0.717) is 35.1 Å². The summed E-state index contributed by atoms with van der Waals surface area (Å²) in [5, 5.41) is -0.00725. The maximum atomic E-state index is 12.9. The van der Waals surface area contributed by atoms with Crippen LogP contribution in [0.25, 0.3) is 6.08 Å². The maximum Gasteiger partial charge on any atom is 0.208 e. The predicted molar refractivity (Wildman–Crippen MR) is 106 cm³/mol. The van der Waals surface area contributed by atoms with E-state index in [9.17, 15) is 4.79 Å². The van der Waals surface area contributed by atoms with E-state index in [2.05, 4.69) is 0 Å². The number of allylic oxidation sites excluding steroid dienone is 1. The van der Waals surface area contributed by atoms with Gasteiger partial charge in [0, 0.05) is 6.07 Å². The van der Waals surface area contributed by atoms with Gasteiger partial charge in [-0.2, -0.15) is 0 Å². The van der Waals surface area contributed by atoms with E-state index in [4.69, 9.17) is 36.3 Å². The minimum Gasteiger partial charge on any atom is -0.497 e. The van der Waals surface area contributed by atoms with Crippen molar-refractivity contribution in [2.24, 2.45) is 0 Å². The van der Waals surface area contributed by atoms with Crippen LogP contribution in [0.5, 0.6) is 23.0 Å². The Morgan fingerprint density at radius 1 is 1.07 bits per heavy atom. The van der Waals surface area contributed by atoms with Crippen molar-refractivity contribution in [3.63, 3.8) is 0 Å². The number of carbonyl (C=O) groups is 1. The van der Waals surface area contributed by atoms with Crippen molar-refractivity contribution < 1.29 is 23.7 Å². The van der Waals surface area contributed by atoms with Crippen molar-refractivity contribution in [2.45, 2.75) is 6.92 Å². The molecule has 0 aliphatic carbocycles. The van der Waals surface area contributed by atoms with Crippen molar-refractivity contribution in [1.29, 1.82) is 0 Å². The Kier molecular flexibility index (Phi) is 6.96. The molecule has 6 nitrogen and oxygen atoms in total. The number of ketones is 1. The van der Waals surface area contributed by atoms with Crippen LogP contribution in [0.15, 0.2) is 35.4 Å². The molecule has 2 aromatic rings.